The first-order valence-electron chi connectivity index (χ1n) is 7.26. The molecular formula is C16H18N4O. The second-order valence-electron chi connectivity index (χ2n) is 5.57. The maximum Gasteiger partial charge on any atom is 0.134 e. The molecule has 0 saturated heterocycles. The molecule has 1 aliphatic heterocycles. The highest BCUT2D eigenvalue weighted by Gasteiger charge is 2.21. The van der Waals surface area contributed by atoms with Crippen LogP contribution in [0.25, 0.3) is 11.0 Å². The minimum absolute atomic E-state index is 0.112. The van der Waals surface area contributed by atoms with Crippen molar-refractivity contribution in [2.24, 2.45) is 5.73 Å². The quantitative estimate of drug-likeness (QED) is 0.799. The van der Waals surface area contributed by atoms with Gasteiger partial charge >= 0.3 is 0 Å². The van der Waals surface area contributed by atoms with Gasteiger partial charge in [0.15, 0.2) is 0 Å². The molecule has 5 nitrogen and oxygen atoms in total. The van der Waals surface area contributed by atoms with Crippen molar-refractivity contribution in [3.63, 3.8) is 0 Å². The summed E-state index contributed by atoms with van der Waals surface area (Å²) in [5.41, 5.74) is 7.22. The first-order valence-corrected chi connectivity index (χ1v) is 7.26. The number of nitrogens with zero attached hydrogens (tertiary/aromatic N) is 3. The van der Waals surface area contributed by atoms with Crippen molar-refractivity contribution in [2.75, 3.05) is 13.1 Å². The highest BCUT2D eigenvalue weighted by atomic mass is 16.3. The minimum atomic E-state index is -0.112. The summed E-state index contributed by atoms with van der Waals surface area (Å²) in [4.78, 5) is 6.71. The van der Waals surface area contributed by atoms with E-state index in [-0.39, 0.29) is 6.04 Å². The summed E-state index contributed by atoms with van der Waals surface area (Å²) >= 11 is 0. The van der Waals surface area contributed by atoms with Gasteiger partial charge in [0.05, 0.1) is 12.6 Å². The van der Waals surface area contributed by atoms with Gasteiger partial charge in [0.1, 0.15) is 17.2 Å². The van der Waals surface area contributed by atoms with Crippen LogP contribution in [0.3, 0.4) is 0 Å². The third kappa shape index (κ3) is 2.34. The van der Waals surface area contributed by atoms with Crippen LogP contribution >= 0.6 is 0 Å². The van der Waals surface area contributed by atoms with Gasteiger partial charge in [0.25, 0.3) is 0 Å². The summed E-state index contributed by atoms with van der Waals surface area (Å²) in [5.74, 6) is 1.96. The number of fused-ring (bicyclic) bond motifs is 2. The first-order chi connectivity index (χ1) is 10.3. The van der Waals surface area contributed by atoms with E-state index in [1.54, 1.807) is 0 Å². The SMILES string of the molecule is NC(CN1CCn2ccnc2C1)c1cc2ccccc2o1. The third-order valence-corrected chi connectivity index (χ3v) is 4.09. The molecule has 0 bridgehead atoms. The summed E-state index contributed by atoms with van der Waals surface area (Å²) < 4.78 is 8.05. The molecule has 2 N–H and O–H groups in total. The molecule has 1 unspecified atom stereocenters. The molecule has 0 spiro atoms. The third-order valence-electron chi connectivity index (χ3n) is 4.09. The second-order valence-corrected chi connectivity index (χ2v) is 5.57. The lowest BCUT2D eigenvalue weighted by Gasteiger charge is -2.29. The smallest absolute Gasteiger partial charge is 0.134 e. The Balaban J connectivity index is 1.49. The molecule has 1 aromatic carbocycles. The highest BCUT2D eigenvalue weighted by molar-refractivity contribution is 5.77. The Morgan fingerprint density at radius 1 is 1.29 bits per heavy atom. The molecule has 3 heterocycles. The Hall–Kier alpha value is -2.11. The predicted molar refractivity (Wildman–Crippen MR) is 80.6 cm³/mol. The van der Waals surface area contributed by atoms with E-state index in [9.17, 15) is 0 Å². The molecule has 0 saturated carbocycles. The molecule has 1 aliphatic rings. The monoisotopic (exact) mass is 282 g/mol. The van der Waals surface area contributed by atoms with E-state index in [4.69, 9.17) is 10.2 Å². The zero-order chi connectivity index (χ0) is 14.2. The molecule has 0 radical (unpaired) electrons. The van der Waals surface area contributed by atoms with Gasteiger partial charge in [-0.1, -0.05) is 18.2 Å². The van der Waals surface area contributed by atoms with E-state index in [1.165, 1.54) is 0 Å². The number of hydrogen-bond donors (Lipinski definition) is 1. The van der Waals surface area contributed by atoms with Crippen molar-refractivity contribution in [1.29, 1.82) is 0 Å². The van der Waals surface area contributed by atoms with Gasteiger partial charge in [0, 0.05) is 37.4 Å². The van der Waals surface area contributed by atoms with E-state index < -0.39 is 0 Å². The lowest BCUT2D eigenvalue weighted by atomic mass is 10.2. The van der Waals surface area contributed by atoms with Crippen LogP contribution in [0.2, 0.25) is 0 Å². The van der Waals surface area contributed by atoms with Crippen molar-refractivity contribution in [3.8, 4) is 0 Å². The minimum Gasteiger partial charge on any atom is -0.459 e. The number of aromatic nitrogens is 2. The Bertz CT molecular complexity index is 727. The average molecular weight is 282 g/mol. The van der Waals surface area contributed by atoms with Crippen molar-refractivity contribution >= 4 is 11.0 Å². The van der Waals surface area contributed by atoms with Gasteiger partial charge in [-0.15, -0.1) is 0 Å². The molecular weight excluding hydrogens is 264 g/mol. The van der Waals surface area contributed by atoms with Crippen LogP contribution in [0.5, 0.6) is 0 Å². The van der Waals surface area contributed by atoms with E-state index in [1.807, 2.05) is 42.7 Å². The number of imidazole rings is 1. The highest BCUT2D eigenvalue weighted by Crippen LogP contribution is 2.24. The van der Waals surface area contributed by atoms with E-state index in [2.05, 4.69) is 14.5 Å². The number of para-hydroxylation sites is 1. The Labute approximate surface area is 123 Å². The molecule has 21 heavy (non-hydrogen) atoms. The van der Waals surface area contributed by atoms with Gasteiger partial charge in [-0.2, -0.15) is 0 Å². The van der Waals surface area contributed by atoms with Gasteiger partial charge in [-0.05, 0) is 12.1 Å². The molecule has 108 valence electrons. The van der Waals surface area contributed by atoms with Crippen LogP contribution in [0.4, 0.5) is 0 Å². The number of hydrogen-bond acceptors (Lipinski definition) is 4. The van der Waals surface area contributed by atoms with Gasteiger partial charge < -0.3 is 14.7 Å². The van der Waals surface area contributed by atoms with Gasteiger partial charge in [-0.3, -0.25) is 4.90 Å². The summed E-state index contributed by atoms with van der Waals surface area (Å²) in [6, 6.07) is 9.95. The van der Waals surface area contributed by atoms with Crippen molar-refractivity contribution < 1.29 is 4.42 Å². The standard InChI is InChI=1S/C16H18N4O/c17-13(15-9-12-3-1-2-4-14(12)21-15)10-19-7-8-20-6-5-18-16(20)11-19/h1-6,9,13H,7-8,10-11,17H2. The molecule has 4 rings (SSSR count). The molecule has 0 amide bonds. The summed E-state index contributed by atoms with van der Waals surface area (Å²) in [6.45, 7) is 3.60. The van der Waals surface area contributed by atoms with Gasteiger partial charge in [0.2, 0.25) is 0 Å². The van der Waals surface area contributed by atoms with E-state index in [0.717, 1.165) is 48.7 Å². The summed E-state index contributed by atoms with van der Waals surface area (Å²) in [7, 11) is 0. The Kier molecular flexibility index (Phi) is 3.02. The lowest BCUT2D eigenvalue weighted by molar-refractivity contribution is 0.199. The fourth-order valence-corrected chi connectivity index (χ4v) is 2.93. The molecule has 0 aliphatic carbocycles. The van der Waals surface area contributed by atoms with Crippen LogP contribution in [0, 0.1) is 0 Å². The molecule has 3 aromatic rings. The maximum atomic E-state index is 6.32. The average Bonchev–Trinajstić information content (AvgIpc) is 3.13. The zero-order valence-electron chi connectivity index (χ0n) is 11.8. The van der Waals surface area contributed by atoms with Crippen molar-refractivity contribution in [2.45, 2.75) is 19.1 Å². The fourth-order valence-electron chi connectivity index (χ4n) is 2.93. The zero-order valence-corrected chi connectivity index (χ0v) is 11.8. The summed E-state index contributed by atoms with van der Waals surface area (Å²) in [5, 5.41) is 1.11. The van der Waals surface area contributed by atoms with Crippen molar-refractivity contribution in [3.05, 3.63) is 54.3 Å². The maximum absolute atomic E-state index is 6.32. The van der Waals surface area contributed by atoms with E-state index in [0.29, 0.717) is 0 Å². The predicted octanol–water partition coefficient (Wildman–Crippen LogP) is 2.14. The van der Waals surface area contributed by atoms with Gasteiger partial charge in [-0.25, -0.2) is 4.98 Å². The van der Waals surface area contributed by atoms with Crippen LogP contribution < -0.4 is 5.73 Å². The number of rotatable bonds is 3. The number of furan rings is 1. The largest absolute Gasteiger partial charge is 0.459 e. The van der Waals surface area contributed by atoms with E-state index >= 15 is 0 Å². The van der Waals surface area contributed by atoms with Crippen LogP contribution in [-0.4, -0.2) is 27.5 Å². The van der Waals surface area contributed by atoms with Crippen LogP contribution in [0.15, 0.2) is 47.1 Å². The van der Waals surface area contributed by atoms with Crippen LogP contribution in [0.1, 0.15) is 17.6 Å². The molecule has 2 aromatic heterocycles. The Morgan fingerprint density at radius 2 is 2.19 bits per heavy atom. The van der Waals surface area contributed by atoms with Crippen molar-refractivity contribution in [1.82, 2.24) is 14.5 Å². The molecule has 5 heteroatoms. The Morgan fingerprint density at radius 3 is 3.10 bits per heavy atom. The number of benzene rings is 1. The second kappa shape index (κ2) is 5.02. The molecule has 0 fully saturated rings. The topological polar surface area (TPSA) is 60.2 Å². The normalized spacial score (nSPS) is 17.0. The van der Waals surface area contributed by atoms with Crippen LogP contribution in [-0.2, 0) is 13.1 Å². The number of nitrogens with two attached hydrogens (primary N) is 1. The first kappa shape index (κ1) is 12.6. The summed E-state index contributed by atoms with van der Waals surface area (Å²) in [6.07, 6.45) is 3.89. The molecule has 1 atom stereocenters. The fraction of sp³-hybridized carbons (Fsp3) is 0.312. The lowest BCUT2D eigenvalue weighted by Crippen LogP contribution is -2.38.